The highest BCUT2D eigenvalue weighted by Crippen LogP contribution is 2.27. The van der Waals surface area contributed by atoms with Crippen LogP contribution in [0.2, 0.25) is 0 Å². The van der Waals surface area contributed by atoms with Gasteiger partial charge in [-0.05, 0) is 63.1 Å². The second-order valence-corrected chi connectivity index (χ2v) is 9.37. The Labute approximate surface area is 193 Å². The average molecular weight is 443 g/mol. The summed E-state index contributed by atoms with van der Waals surface area (Å²) in [5.41, 5.74) is 4.68. The van der Waals surface area contributed by atoms with Crippen LogP contribution in [0.5, 0.6) is 0 Å². The Morgan fingerprint density at radius 2 is 1.76 bits per heavy atom. The van der Waals surface area contributed by atoms with Gasteiger partial charge in [-0.25, -0.2) is 14.5 Å². The summed E-state index contributed by atoms with van der Waals surface area (Å²) >= 11 is 0. The summed E-state index contributed by atoms with van der Waals surface area (Å²) in [5.74, 6) is 0.698. The van der Waals surface area contributed by atoms with Crippen molar-refractivity contribution in [3.05, 3.63) is 48.9 Å². The Bertz CT molecular complexity index is 1250. The molecule has 0 amide bonds. The fourth-order valence-electron chi connectivity index (χ4n) is 5.24. The lowest BCUT2D eigenvalue weighted by molar-refractivity contribution is 0.0893. The van der Waals surface area contributed by atoms with E-state index in [1.807, 2.05) is 41.2 Å². The van der Waals surface area contributed by atoms with Gasteiger partial charge in [0.05, 0.1) is 28.4 Å². The summed E-state index contributed by atoms with van der Waals surface area (Å²) < 4.78 is 1.90. The average Bonchev–Trinajstić information content (AvgIpc) is 3.28. The molecule has 33 heavy (non-hydrogen) atoms. The summed E-state index contributed by atoms with van der Waals surface area (Å²) in [4.78, 5) is 18.9. The Balaban J connectivity index is 1.13. The van der Waals surface area contributed by atoms with E-state index >= 15 is 0 Å². The molecule has 5 heterocycles. The van der Waals surface area contributed by atoms with Crippen molar-refractivity contribution in [1.82, 2.24) is 34.4 Å². The van der Waals surface area contributed by atoms with E-state index in [2.05, 4.69) is 38.2 Å². The van der Waals surface area contributed by atoms with Gasteiger partial charge in [0, 0.05) is 56.2 Å². The first-order valence-corrected chi connectivity index (χ1v) is 12.0. The molecule has 6 rings (SSSR count). The second-order valence-electron chi connectivity index (χ2n) is 9.37. The third-order valence-electron chi connectivity index (χ3n) is 7.23. The van der Waals surface area contributed by atoms with Gasteiger partial charge in [0.25, 0.3) is 0 Å². The Hall–Kier alpha value is -3.10. The molecule has 1 N–H and O–H groups in total. The van der Waals surface area contributed by atoms with Crippen LogP contribution in [0.4, 0.5) is 5.95 Å². The van der Waals surface area contributed by atoms with Gasteiger partial charge in [-0.15, -0.1) is 5.10 Å². The van der Waals surface area contributed by atoms with E-state index in [9.17, 15) is 0 Å². The second kappa shape index (κ2) is 8.68. The van der Waals surface area contributed by atoms with Crippen molar-refractivity contribution < 1.29 is 0 Å². The van der Waals surface area contributed by atoms with Gasteiger partial charge in [-0.3, -0.25) is 9.88 Å². The van der Waals surface area contributed by atoms with Gasteiger partial charge in [0.15, 0.2) is 0 Å². The molecule has 2 aliphatic rings. The standard InChI is InChI=1S/C25H30N8/c1-31-13-15-32(16-14-31)19-6-4-18(5-7-19)28-25-27-17-24-20(10-12-33(24)30-25)21-8-9-22-23(29-21)3-2-11-26-22/h2-3,8-12,17-19H,4-7,13-16H2,1H3,(H,28,30)/t18-,19+. The third kappa shape index (κ3) is 4.16. The van der Waals surface area contributed by atoms with Crippen molar-refractivity contribution in [3.8, 4) is 11.3 Å². The van der Waals surface area contributed by atoms with Crippen LogP contribution in [0.1, 0.15) is 25.7 Å². The van der Waals surface area contributed by atoms with Gasteiger partial charge in [-0.1, -0.05) is 0 Å². The smallest absolute Gasteiger partial charge is 0.241 e. The first-order valence-electron chi connectivity index (χ1n) is 12.0. The first-order chi connectivity index (χ1) is 16.2. The number of fused-ring (bicyclic) bond motifs is 2. The van der Waals surface area contributed by atoms with Crippen LogP contribution >= 0.6 is 0 Å². The number of hydrogen-bond donors (Lipinski definition) is 1. The van der Waals surface area contributed by atoms with Crippen molar-refractivity contribution in [3.63, 3.8) is 0 Å². The first kappa shape index (κ1) is 20.5. The lowest BCUT2D eigenvalue weighted by Gasteiger charge is -2.41. The van der Waals surface area contributed by atoms with Crippen LogP contribution in [0.15, 0.2) is 48.9 Å². The molecule has 0 aromatic carbocycles. The molecule has 1 saturated carbocycles. The SMILES string of the molecule is CN1CCN([C@H]2CC[C@@H](Nc3ncc4c(-c5ccc6ncccc6n5)ccn4n3)CC2)CC1. The molecule has 0 radical (unpaired) electrons. The largest absolute Gasteiger partial charge is 0.350 e. The molecule has 4 aromatic rings. The molecule has 0 atom stereocenters. The van der Waals surface area contributed by atoms with Crippen LogP contribution in [0.25, 0.3) is 27.8 Å². The molecule has 2 fully saturated rings. The van der Waals surface area contributed by atoms with Crippen molar-refractivity contribution in [2.45, 2.75) is 37.8 Å². The van der Waals surface area contributed by atoms with Crippen molar-refractivity contribution >= 4 is 22.5 Å². The van der Waals surface area contributed by atoms with E-state index in [0.717, 1.165) is 33.8 Å². The highest BCUT2D eigenvalue weighted by molar-refractivity contribution is 5.83. The molecule has 8 nitrogen and oxygen atoms in total. The van der Waals surface area contributed by atoms with Gasteiger partial charge < -0.3 is 10.2 Å². The molecule has 0 spiro atoms. The molecule has 1 saturated heterocycles. The van der Waals surface area contributed by atoms with E-state index in [-0.39, 0.29) is 0 Å². The highest BCUT2D eigenvalue weighted by Gasteiger charge is 2.28. The Morgan fingerprint density at radius 1 is 0.909 bits per heavy atom. The molecule has 1 aliphatic carbocycles. The van der Waals surface area contributed by atoms with Gasteiger partial charge in [0.1, 0.15) is 0 Å². The van der Waals surface area contributed by atoms with Crippen molar-refractivity contribution in [2.24, 2.45) is 0 Å². The fourth-order valence-corrected chi connectivity index (χ4v) is 5.24. The summed E-state index contributed by atoms with van der Waals surface area (Å²) in [7, 11) is 2.22. The van der Waals surface area contributed by atoms with Crippen molar-refractivity contribution in [1.29, 1.82) is 0 Å². The summed E-state index contributed by atoms with van der Waals surface area (Å²) in [6.07, 6.45) is 10.5. The topological polar surface area (TPSA) is 74.5 Å². The quantitative estimate of drug-likeness (QED) is 0.520. The highest BCUT2D eigenvalue weighted by atomic mass is 15.3. The molecular formula is C25H30N8. The minimum absolute atomic E-state index is 0.441. The molecule has 1 aliphatic heterocycles. The van der Waals surface area contributed by atoms with Crippen molar-refractivity contribution in [2.75, 3.05) is 38.5 Å². The predicted octanol–water partition coefficient (Wildman–Crippen LogP) is 3.31. The zero-order valence-corrected chi connectivity index (χ0v) is 19.1. The molecule has 0 bridgehead atoms. The number of hydrogen-bond acceptors (Lipinski definition) is 7. The van der Waals surface area contributed by atoms with Gasteiger partial charge in [-0.2, -0.15) is 0 Å². The fraction of sp³-hybridized carbons (Fsp3) is 0.440. The number of anilines is 1. The number of nitrogens with zero attached hydrogens (tertiary/aromatic N) is 7. The van der Waals surface area contributed by atoms with Crippen LogP contribution in [0, 0.1) is 0 Å². The number of aromatic nitrogens is 5. The maximum Gasteiger partial charge on any atom is 0.241 e. The van der Waals surface area contributed by atoms with E-state index in [1.165, 1.54) is 51.9 Å². The summed E-state index contributed by atoms with van der Waals surface area (Å²) in [6.45, 7) is 4.79. The third-order valence-corrected chi connectivity index (χ3v) is 7.23. The van der Waals surface area contributed by atoms with Gasteiger partial charge >= 0.3 is 0 Å². The molecule has 0 unspecified atom stereocenters. The molecule has 170 valence electrons. The Kier molecular flexibility index (Phi) is 5.39. The van der Waals surface area contributed by atoms with E-state index in [0.29, 0.717) is 12.0 Å². The van der Waals surface area contributed by atoms with Crippen LogP contribution in [-0.2, 0) is 0 Å². The molecule has 4 aromatic heterocycles. The van der Waals surface area contributed by atoms with Gasteiger partial charge in [0.2, 0.25) is 5.95 Å². The van der Waals surface area contributed by atoms with E-state index < -0.39 is 0 Å². The minimum atomic E-state index is 0.441. The predicted molar refractivity (Wildman–Crippen MR) is 130 cm³/mol. The molecular weight excluding hydrogens is 412 g/mol. The van der Waals surface area contributed by atoms with Crippen LogP contribution < -0.4 is 5.32 Å². The monoisotopic (exact) mass is 442 g/mol. The molecule has 8 heteroatoms. The zero-order valence-electron chi connectivity index (χ0n) is 19.1. The number of likely N-dealkylation sites (N-methyl/N-ethyl adjacent to an activating group) is 1. The van der Waals surface area contributed by atoms with Crippen LogP contribution in [0.3, 0.4) is 0 Å². The number of piperazine rings is 1. The number of nitrogens with one attached hydrogen (secondary N) is 1. The zero-order chi connectivity index (χ0) is 22.2. The lowest BCUT2D eigenvalue weighted by Crippen LogP contribution is -2.50. The normalized spacial score (nSPS) is 22.7. The number of pyridine rings is 2. The lowest BCUT2D eigenvalue weighted by atomic mass is 9.90. The summed E-state index contributed by atoms with van der Waals surface area (Å²) in [5, 5.41) is 8.32. The summed E-state index contributed by atoms with van der Waals surface area (Å²) in [6, 6.07) is 11.1. The minimum Gasteiger partial charge on any atom is -0.350 e. The van der Waals surface area contributed by atoms with Crippen LogP contribution in [-0.4, -0.2) is 79.7 Å². The Morgan fingerprint density at radius 3 is 2.61 bits per heavy atom. The van der Waals surface area contributed by atoms with E-state index in [4.69, 9.17) is 10.1 Å². The maximum atomic E-state index is 4.78. The number of rotatable bonds is 4. The maximum absolute atomic E-state index is 4.78. The van der Waals surface area contributed by atoms with E-state index in [1.54, 1.807) is 6.20 Å².